The van der Waals surface area contributed by atoms with E-state index < -0.39 is 0 Å². The summed E-state index contributed by atoms with van der Waals surface area (Å²) in [7, 11) is 0. The van der Waals surface area contributed by atoms with Gasteiger partial charge in [0.25, 0.3) is 0 Å². The van der Waals surface area contributed by atoms with E-state index in [4.69, 9.17) is 16.9 Å². The van der Waals surface area contributed by atoms with Crippen LogP contribution in [0, 0.1) is 12.3 Å². The van der Waals surface area contributed by atoms with Crippen LogP contribution in [0.1, 0.15) is 48.0 Å². The molecule has 0 saturated carbocycles. The van der Waals surface area contributed by atoms with Crippen LogP contribution in [0.25, 0.3) is 0 Å². The van der Waals surface area contributed by atoms with E-state index in [1.165, 1.54) is 5.56 Å². The number of piperidine rings is 1. The lowest BCUT2D eigenvalue weighted by Crippen LogP contribution is -2.39. The molecule has 1 aromatic carbocycles. The fraction of sp³-hybridized carbons (Fsp3) is 0.526. The van der Waals surface area contributed by atoms with Gasteiger partial charge in [-0.3, -0.25) is 4.90 Å². The molecule has 2 N–H and O–H groups in total. The first-order valence-corrected chi connectivity index (χ1v) is 8.36. The third-order valence-electron chi connectivity index (χ3n) is 4.18. The summed E-state index contributed by atoms with van der Waals surface area (Å²) in [4.78, 5) is 14.3. The van der Waals surface area contributed by atoms with Crippen LogP contribution in [0.15, 0.2) is 24.3 Å². The molecule has 0 aliphatic carbocycles. The van der Waals surface area contributed by atoms with Gasteiger partial charge in [-0.15, -0.1) is 12.3 Å². The lowest BCUT2D eigenvalue weighted by molar-refractivity contribution is 0.0499. The molecule has 1 fully saturated rings. The van der Waals surface area contributed by atoms with Crippen LogP contribution in [-0.2, 0) is 11.3 Å². The predicted molar refractivity (Wildman–Crippen MR) is 91.9 cm³/mol. The molecule has 1 aromatic rings. The number of carbonyl (C=O) groups excluding carboxylic acids is 1. The Kier molecular flexibility index (Phi) is 7.12. The van der Waals surface area contributed by atoms with Gasteiger partial charge in [-0.1, -0.05) is 12.1 Å². The fourth-order valence-electron chi connectivity index (χ4n) is 2.69. The number of ether oxygens (including phenoxy) is 1. The number of nitrogens with zero attached hydrogens (tertiary/aromatic N) is 1. The molecule has 2 rings (SSSR count). The summed E-state index contributed by atoms with van der Waals surface area (Å²) >= 11 is 0. The van der Waals surface area contributed by atoms with Crippen molar-refractivity contribution in [3.05, 3.63) is 35.4 Å². The van der Waals surface area contributed by atoms with E-state index in [9.17, 15) is 4.79 Å². The van der Waals surface area contributed by atoms with Crippen LogP contribution in [0.5, 0.6) is 0 Å². The molecule has 124 valence electrons. The largest absolute Gasteiger partial charge is 0.462 e. The maximum atomic E-state index is 11.9. The minimum Gasteiger partial charge on any atom is -0.462 e. The van der Waals surface area contributed by atoms with Gasteiger partial charge in [-0.05, 0) is 56.5 Å². The number of hydrogen-bond acceptors (Lipinski definition) is 4. The Labute approximate surface area is 139 Å². The summed E-state index contributed by atoms with van der Waals surface area (Å²) in [5.41, 5.74) is 7.74. The first-order chi connectivity index (χ1) is 11.2. The van der Waals surface area contributed by atoms with Crippen molar-refractivity contribution < 1.29 is 9.53 Å². The monoisotopic (exact) mass is 314 g/mol. The van der Waals surface area contributed by atoms with Gasteiger partial charge in [-0.2, -0.15) is 0 Å². The van der Waals surface area contributed by atoms with Crippen molar-refractivity contribution in [3.8, 4) is 12.3 Å². The van der Waals surface area contributed by atoms with E-state index in [2.05, 4.69) is 10.8 Å². The number of carbonyl (C=O) groups is 1. The topological polar surface area (TPSA) is 55.6 Å². The SMILES string of the molecule is C#CCCCCOC(=O)c1ccc(CN2CCC(N)CC2)cc1. The zero-order valence-electron chi connectivity index (χ0n) is 13.7. The Balaban J connectivity index is 1.75. The predicted octanol–water partition coefficient (Wildman–Crippen LogP) is 2.57. The van der Waals surface area contributed by atoms with Gasteiger partial charge >= 0.3 is 5.97 Å². The lowest BCUT2D eigenvalue weighted by atomic mass is 10.0. The van der Waals surface area contributed by atoms with Crippen molar-refractivity contribution in [2.24, 2.45) is 5.73 Å². The van der Waals surface area contributed by atoms with Gasteiger partial charge in [-0.25, -0.2) is 4.79 Å². The number of unbranched alkanes of at least 4 members (excludes halogenated alkanes) is 2. The highest BCUT2D eigenvalue weighted by atomic mass is 16.5. The minimum atomic E-state index is -0.263. The quantitative estimate of drug-likeness (QED) is 0.477. The van der Waals surface area contributed by atoms with Gasteiger partial charge in [0.05, 0.1) is 12.2 Å². The first-order valence-electron chi connectivity index (χ1n) is 8.36. The molecule has 1 saturated heterocycles. The zero-order valence-corrected chi connectivity index (χ0v) is 13.7. The smallest absolute Gasteiger partial charge is 0.338 e. The standard InChI is InChI=1S/C19H26N2O2/c1-2-3-4-5-14-23-19(22)17-8-6-16(7-9-17)15-21-12-10-18(20)11-13-21/h1,6-9,18H,3-5,10-15,20H2. The van der Waals surface area contributed by atoms with Crippen molar-refractivity contribution >= 4 is 5.97 Å². The third-order valence-corrected chi connectivity index (χ3v) is 4.18. The van der Waals surface area contributed by atoms with Crippen molar-refractivity contribution in [1.82, 2.24) is 4.90 Å². The summed E-state index contributed by atoms with van der Waals surface area (Å²) in [6, 6.07) is 8.04. The Hall–Kier alpha value is -1.83. The van der Waals surface area contributed by atoms with E-state index in [1.807, 2.05) is 24.3 Å². The minimum absolute atomic E-state index is 0.263. The highest BCUT2D eigenvalue weighted by Gasteiger charge is 2.16. The van der Waals surface area contributed by atoms with E-state index in [-0.39, 0.29) is 5.97 Å². The van der Waals surface area contributed by atoms with Gasteiger partial charge in [0.1, 0.15) is 0 Å². The Morgan fingerprint density at radius 3 is 2.61 bits per heavy atom. The molecule has 0 bridgehead atoms. The Morgan fingerprint density at radius 2 is 1.96 bits per heavy atom. The molecule has 0 unspecified atom stereocenters. The fourth-order valence-corrected chi connectivity index (χ4v) is 2.69. The van der Waals surface area contributed by atoms with Crippen LogP contribution in [0.3, 0.4) is 0 Å². The van der Waals surface area contributed by atoms with Crippen molar-refractivity contribution in [2.75, 3.05) is 19.7 Å². The highest BCUT2D eigenvalue weighted by molar-refractivity contribution is 5.89. The van der Waals surface area contributed by atoms with Crippen LogP contribution in [0.2, 0.25) is 0 Å². The number of rotatable bonds is 7. The zero-order chi connectivity index (χ0) is 16.5. The van der Waals surface area contributed by atoms with Crippen LogP contribution in [-0.4, -0.2) is 36.6 Å². The van der Waals surface area contributed by atoms with Gasteiger partial charge in [0.2, 0.25) is 0 Å². The van der Waals surface area contributed by atoms with E-state index in [0.717, 1.165) is 51.7 Å². The molecular formula is C19H26N2O2. The van der Waals surface area contributed by atoms with Crippen LogP contribution in [0.4, 0.5) is 0 Å². The molecule has 0 radical (unpaired) electrons. The molecule has 1 heterocycles. The molecule has 23 heavy (non-hydrogen) atoms. The second kappa shape index (κ2) is 9.34. The molecule has 4 heteroatoms. The van der Waals surface area contributed by atoms with Gasteiger partial charge in [0, 0.05) is 19.0 Å². The van der Waals surface area contributed by atoms with E-state index in [1.54, 1.807) is 0 Å². The Morgan fingerprint density at radius 1 is 1.26 bits per heavy atom. The van der Waals surface area contributed by atoms with Crippen LogP contribution >= 0.6 is 0 Å². The maximum Gasteiger partial charge on any atom is 0.338 e. The summed E-state index contributed by atoms with van der Waals surface area (Å²) in [5, 5.41) is 0. The summed E-state index contributed by atoms with van der Waals surface area (Å²) in [6.45, 7) is 3.43. The number of hydrogen-bond donors (Lipinski definition) is 1. The summed E-state index contributed by atoms with van der Waals surface area (Å²) in [6.07, 6.45) is 9.73. The van der Waals surface area contributed by atoms with E-state index >= 15 is 0 Å². The number of terminal acetylenes is 1. The molecule has 0 atom stereocenters. The van der Waals surface area contributed by atoms with Crippen molar-refractivity contribution in [2.45, 2.75) is 44.7 Å². The number of nitrogens with two attached hydrogens (primary N) is 1. The second-order valence-corrected chi connectivity index (χ2v) is 6.11. The van der Waals surface area contributed by atoms with E-state index in [0.29, 0.717) is 18.2 Å². The molecule has 1 aliphatic heterocycles. The van der Waals surface area contributed by atoms with Crippen molar-refractivity contribution in [1.29, 1.82) is 0 Å². The van der Waals surface area contributed by atoms with Gasteiger partial charge < -0.3 is 10.5 Å². The molecule has 0 amide bonds. The van der Waals surface area contributed by atoms with Crippen LogP contribution < -0.4 is 5.73 Å². The first kappa shape index (κ1) is 17.5. The lowest BCUT2D eigenvalue weighted by Gasteiger charge is -2.30. The number of esters is 1. The second-order valence-electron chi connectivity index (χ2n) is 6.11. The summed E-state index contributed by atoms with van der Waals surface area (Å²) in [5.74, 6) is 2.32. The molecule has 0 aromatic heterocycles. The number of benzene rings is 1. The molecule has 0 spiro atoms. The molecule has 4 nitrogen and oxygen atoms in total. The average Bonchev–Trinajstić information content (AvgIpc) is 2.57. The normalized spacial score (nSPS) is 16.0. The summed E-state index contributed by atoms with van der Waals surface area (Å²) < 4.78 is 5.24. The molecule has 1 aliphatic rings. The third kappa shape index (κ3) is 6.05. The van der Waals surface area contributed by atoms with Crippen molar-refractivity contribution in [3.63, 3.8) is 0 Å². The molecular weight excluding hydrogens is 288 g/mol. The number of likely N-dealkylation sites (tertiary alicyclic amines) is 1. The Bertz CT molecular complexity index is 525. The van der Waals surface area contributed by atoms with Gasteiger partial charge in [0.15, 0.2) is 0 Å². The highest BCUT2D eigenvalue weighted by Crippen LogP contribution is 2.14. The average molecular weight is 314 g/mol. The maximum absolute atomic E-state index is 11.9.